The molecule has 1 fully saturated rings. The van der Waals surface area contributed by atoms with Crippen molar-refractivity contribution >= 4 is 22.6 Å². The molecule has 0 saturated carbocycles. The number of piperidine rings is 1. The summed E-state index contributed by atoms with van der Waals surface area (Å²) in [6, 6.07) is 9.74. The molecule has 3 heterocycles. The van der Waals surface area contributed by atoms with Gasteiger partial charge in [0.25, 0.3) is 5.91 Å². The van der Waals surface area contributed by atoms with Gasteiger partial charge in [-0.1, -0.05) is 24.3 Å². The van der Waals surface area contributed by atoms with Gasteiger partial charge in [-0.2, -0.15) is 5.10 Å². The van der Waals surface area contributed by atoms with Crippen LogP contribution in [0.4, 0.5) is 0 Å². The average molecular weight is 350 g/mol. The lowest BCUT2D eigenvalue weighted by atomic mass is 10.0. The summed E-state index contributed by atoms with van der Waals surface area (Å²) in [5.74, 6) is -1.04. The maximum absolute atomic E-state index is 12.9. The molecule has 3 aromatic rings. The highest BCUT2D eigenvalue weighted by molar-refractivity contribution is 6.05. The Kier molecular flexibility index (Phi) is 4.12. The number of aromatic carboxylic acids is 1. The van der Waals surface area contributed by atoms with Crippen molar-refractivity contribution < 1.29 is 14.7 Å². The van der Waals surface area contributed by atoms with Crippen LogP contribution in [0, 0.1) is 0 Å². The molecule has 0 aliphatic carbocycles. The zero-order valence-corrected chi connectivity index (χ0v) is 14.1. The van der Waals surface area contributed by atoms with E-state index >= 15 is 0 Å². The first-order chi connectivity index (χ1) is 12.6. The van der Waals surface area contributed by atoms with Crippen molar-refractivity contribution in [3.8, 4) is 0 Å². The largest absolute Gasteiger partial charge is 0.478 e. The Bertz CT molecular complexity index is 968. The molecule has 7 heteroatoms. The van der Waals surface area contributed by atoms with Crippen LogP contribution in [0.3, 0.4) is 0 Å². The smallest absolute Gasteiger partial charge is 0.338 e. The quantitative estimate of drug-likeness (QED) is 0.784. The lowest BCUT2D eigenvalue weighted by Gasteiger charge is -2.32. The summed E-state index contributed by atoms with van der Waals surface area (Å²) in [5.41, 5.74) is 0.664. The molecule has 0 spiro atoms. The first kappa shape index (κ1) is 16.3. The predicted octanol–water partition coefficient (Wildman–Crippen LogP) is 2.61. The summed E-state index contributed by atoms with van der Waals surface area (Å²) in [6.07, 6.45) is 6.05. The fraction of sp³-hybridized carbons (Fsp3) is 0.263. The van der Waals surface area contributed by atoms with Crippen molar-refractivity contribution in [2.45, 2.75) is 18.9 Å². The van der Waals surface area contributed by atoms with Gasteiger partial charge in [-0.25, -0.2) is 4.79 Å². The van der Waals surface area contributed by atoms with Crippen LogP contribution in [0.15, 0.2) is 48.9 Å². The van der Waals surface area contributed by atoms with E-state index in [1.807, 2.05) is 35.2 Å². The van der Waals surface area contributed by atoms with E-state index in [0.717, 1.165) is 23.6 Å². The minimum Gasteiger partial charge on any atom is -0.478 e. The second-order valence-electron chi connectivity index (χ2n) is 6.42. The molecular weight excluding hydrogens is 332 g/mol. The van der Waals surface area contributed by atoms with E-state index in [4.69, 9.17) is 5.11 Å². The van der Waals surface area contributed by atoms with E-state index in [1.54, 1.807) is 17.1 Å². The number of carboxylic acids is 1. The third-order valence-electron chi connectivity index (χ3n) is 4.85. The molecule has 4 rings (SSSR count). The van der Waals surface area contributed by atoms with E-state index in [1.165, 1.54) is 6.20 Å². The Morgan fingerprint density at radius 2 is 1.88 bits per heavy atom. The van der Waals surface area contributed by atoms with Crippen molar-refractivity contribution in [2.24, 2.45) is 0 Å². The van der Waals surface area contributed by atoms with E-state index in [9.17, 15) is 9.59 Å². The maximum Gasteiger partial charge on any atom is 0.338 e. The van der Waals surface area contributed by atoms with Gasteiger partial charge in [-0.05, 0) is 24.3 Å². The van der Waals surface area contributed by atoms with Gasteiger partial charge in [0.1, 0.15) is 5.69 Å². The molecule has 132 valence electrons. The van der Waals surface area contributed by atoms with Gasteiger partial charge in [-0.3, -0.25) is 14.5 Å². The number of hydrogen-bond acceptors (Lipinski definition) is 4. The molecule has 7 nitrogen and oxygen atoms in total. The van der Waals surface area contributed by atoms with Gasteiger partial charge >= 0.3 is 5.97 Å². The number of nitrogens with zero attached hydrogens (tertiary/aromatic N) is 4. The molecule has 0 radical (unpaired) electrons. The first-order valence-electron chi connectivity index (χ1n) is 8.54. The van der Waals surface area contributed by atoms with E-state index in [-0.39, 0.29) is 17.5 Å². The Labute approximate surface area is 149 Å². The molecule has 2 aromatic heterocycles. The number of carbonyl (C=O) groups is 2. The van der Waals surface area contributed by atoms with E-state index < -0.39 is 5.97 Å². The third kappa shape index (κ3) is 2.92. The zero-order valence-electron chi connectivity index (χ0n) is 14.1. The molecular formula is C19H18N4O3. The molecule has 0 bridgehead atoms. The van der Waals surface area contributed by atoms with Crippen LogP contribution in [0.2, 0.25) is 0 Å². The number of benzene rings is 1. The number of hydrogen-bond donors (Lipinski definition) is 1. The summed E-state index contributed by atoms with van der Waals surface area (Å²) < 4.78 is 1.70. The summed E-state index contributed by atoms with van der Waals surface area (Å²) >= 11 is 0. The van der Waals surface area contributed by atoms with Crippen molar-refractivity contribution in [1.29, 1.82) is 0 Å². The summed E-state index contributed by atoms with van der Waals surface area (Å²) in [4.78, 5) is 30.0. The van der Waals surface area contributed by atoms with Gasteiger partial charge < -0.3 is 10.0 Å². The minimum absolute atomic E-state index is 0.0630. The molecule has 26 heavy (non-hydrogen) atoms. The summed E-state index contributed by atoms with van der Waals surface area (Å²) in [7, 11) is 0. The fourth-order valence-corrected chi connectivity index (χ4v) is 3.42. The Morgan fingerprint density at radius 1 is 1.12 bits per heavy atom. The second kappa shape index (κ2) is 6.59. The molecule has 1 aromatic carbocycles. The maximum atomic E-state index is 12.9. The SMILES string of the molecule is O=C(O)c1cnn(C2CCN(C(=O)c3nccc4ccccc34)CC2)c1. The Balaban J connectivity index is 1.48. The number of carbonyl (C=O) groups excluding carboxylic acids is 1. The van der Waals surface area contributed by atoms with Crippen LogP contribution in [0.25, 0.3) is 10.8 Å². The molecule has 1 aliphatic rings. The second-order valence-corrected chi connectivity index (χ2v) is 6.42. The number of likely N-dealkylation sites (tertiary alicyclic amines) is 1. The molecule has 1 saturated heterocycles. The lowest BCUT2D eigenvalue weighted by Crippen LogP contribution is -2.39. The van der Waals surface area contributed by atoms with Crippen LogP contribution in [0.5, 0.6) is 0 Å². The van der Waals surface area contributed by atoms with Crippen LogP contribution in [-0.2, 0) is 0 Å². The zero-order chi connectivity index (χ0) is 18.1. The highest BCUT2D eigenvalue weighted by Gasteiger charge is 2.27. The number of carboxylic acid groups (broad SMARTS) is 1. The molecule has 0 unspecified atom stereocenters. The van der Waals surface area contributed by atoms with Crippen LogP contribution in [-0.4, -0.2) is 49.7 Å². The monoisotopic (exact) mass is 350 g/mol. The number of aromatic nitrogens is 3. The van der Waals surface area contributed by atoms with Gasteiger partial charge in [0.2, 0.25) is 0 Å². The molecule has 1 aliphatic heterocycles. The van der Waals surface area contributed by atoms with Crippen molar-refractivity contribution in [3.05, 3.63) is 60.2 Å². The third-order valence-corrected chi connectivity index (χ3v) is 4.85. The highest BCUT2D eigenvalue weighted by atomic mass is 16.4. The van der Waals surface area contributed by atoms with Gasteiger partial charge in [0.05, 0.1) is 17.8 Å². The van der Waals surface area contributed by atoms with Gasteiger partial charge in [0, 0.05) is 30.9 Å². The molecule has 0 atom stereocenters. The number of pyridine rings is 1. The summed E-state index contributed by atoms with van der Waals surface area (Å²) in [5, 5.41) is 15.0. The molecule has 1 amide bonds. The molecule has 1 N–H and O–H groups in total. The fourth-order valence-electron chi connectivity index (χ4n) is 3.42. The average Bonchev–Trinajstić information content (AvgIpc) is 3.18. The lowest BCUT2D eigenvalue weighted by molar-refractivity contribution is 0.0685. The van der Waals surface area contributed by atoms with Crippen LogP contribution in [0.1, 0.15) is 39.7 Å². The first-order valence-corrected chi connectivity index (χ1v) is 8.54. The van der Waals surface area contributed by atoms with Crippen molar-refractivity contribution in [1.82, 2.24) is 19.7 Å². The van der Waals surface area contributed by atoms with Crippen LogP contribution >= 0.6 is 0 Å². The standard InChI is InChI=1S/C19H18N4O3/c24-18(17-16-4-2-1-3-13(16)5-8-20-17)22-9-6-15(7-10-22)23-12-14(11-21-23)19(25)26/h1-5,8,11-12,15H,6-7,9-10H2,(H,25,26). The highest BCUT2D eigenvalue weighted by Crippen LogP contribution is 2.25. The summed E-state index contributed by atoms with van der Waals surface area (Å²) in [6.45, 7) is 1.19. The Hall–Kier alpha value is -3.22. The van der Waals surface area contributed by atoms with Crippen molar-refractivity contribution in [2.75, 3.05) is 13.1 Å². The predicted molar refractivity (Wildman–Crippen MR) is 95.1 cm³/mol. The Morgan fingerprint density at radius 3 is 2.62 bits per heavy atom. The van der Waals surface area contributed by atoms with Gasteiger partial charge in [-0.15, -0.1) is 0 Å². The number of fused-ring (bicyclic) bond motifs is 1. The normalized spacial score (nSPS) is 15.3. The van der Waals surface area contributed by atoms with Crippen molar-refractivity contribution in [3.63, 3.8) is 0 Å². The van der Waals surface area contributed by atoms with E-state index in [2.05, 4.69) is 10.1 Å². The number of rotatable bonds is 3. The number of amides is 1. The van der Waals surface area contributed by atoms with E-state index in [0.29, 0.717) is 18.8 Å². The topological polar surface area (TPSA) is 88.3 Å². The minimum atomic E-state index is -0.981. The van der Waals surface area contributed by atoms with Crippen LogP contribution < -0.4 is 0 Å². The van der Waals surface area contributed by atoms with Gasteiger partial charge in [0.15, 0.2) is 0 Å².